The van der Waals surface area contributed by atoms with E-state index in [4.69, 9.17) is 13.9 Å². The van der Waals surface area contributed by atoms with E-state index in [1.807, 2.05) is 19.1 Å². The second-order valence-corrected chi connectivity index (χ2v) is 9.61. The highest BCUT2D eigenvalue weighted by molar-refractivity contribution is 5.86. The first-order valence-electron chi connectivity index (χ1n) is 10.7. The molecule has 4 rings (SSSR count). The first kappa shape index (κ1) is 20.2. The van der Waals surface area contributed by atoms with E-state index in [2.05, 4.69) is 33.8 Å². The zero-order chi connectivity index (χ0) is 20.8. The Balaban J connectivity index is 1.41. The molecule has 29 heavy (non-hydrogen) atoms. The summed E-state index contributed by atoms with van der Waals surface area (Å²) in [5, 5.41) is 0.868. The smallest absolute Gasteiger partial charge is 0.339 e. The Kier molecular flexibility index (Phi) is 5.10. The van der Waals surface area contributed by atoms with Crippen LogP contribution in [0.15, 0.2) is 45.1 Å². The number of ether oxygens (including phenoxy) is 2. The molecule has 4 heteroatoms. The van der Waals surface area contributed by atoms with Gasteiger partial charge in [-0.2, -0.15) is 0 Å². The monoisotopic (exact) mass is 396 g/mol. The number of rotatable bonds is 6. The van der Waals surface area contributed by atoms with Gasteiger partial charge in [0, 0.05) is 0 Å². The molecular formula is C25H32O4. The van der Waals surface area contributed by atoms with Crippen LogP contribution in [0, 0.1) is 18.3 Å². The lowest BCUT2D eigenvalue weighted by Gasteiger charge is -2.39. The van der Waals surface area contributed by atoms with Gasteiger partial charge in [-0.05, 0) is 75.5 Å². The third-order valence-electron chi connectivity index (χ3n) is 7.22. The molecular weight excluding hydrogens is 364 g/mol. The molecule has 2 aliphatic heterocycles. The highest BCUT2D eigenvalue weighted by Gasteiger charge is 2.60. The second-order valence-electron chi connectivity index (χ2n) is 9.61. The summed E-state index contributed by atoms with van der Waals surface area (Å²) >= 11 is 0. The van der Waals surface area contributed by atoms with Gasteiger partial charge in [-0.25, -0.2) is 4.79 Å². The van der Waals surface area contributed by atoms with E-state index < -0.39 is 0 Å². The summed E-state index contributed by atoms with van der Waals surface area (Å²) in [6, 6.07) is 7.12. The zero-order valence-electron chi connectivity index (χ0n) is 18.2. The van der Waals surface area contributed by atoms with Gasteiger partial charge in [0.25, 0.3) is 0 Å². The molecule has 3 atom stereocenters. The summed E-state index contributed by atoms with van der Waals surface area (Å²) in [4.78, 5) is 11.8. The zero-order valence-corrected chi connectivity index (χ0v) is 18.2. The van der Waals surface area contributed by atoms with Crippen molar-refractivity contribution in [1.29, 1.82) is 0 Å². The van der Waals surface area contributed by atoms with Gasteiger partial charge in [0.05, 0.1) is 23.2 Å². The van der Waals surface area contributed by atoms with Gasteiger partial charge in [0.2, 0.25) is 0 Å². The minimum Gasteiger partial charge on any atom is -0.488 e. The van der Waals surface area contributed by atoms with Gasteiger partial charge < -0.3 is 13.9 Å². The maximum Gasteiger partial charge on any atom is 0.339 e. The quantitative estimate of drug-likeness (QED) is 0.457. The molecule has 2 aliphatic rings. The minimum atomic E-state index is -0.384. The van der Waals surface area contributed by atoms with Crippen LogP contribution in [0.4, 0.5) is 0 Å². The van der Waals surface area contributed by atoms with Crippen LogP contribution >= 0.6 is 0 Å². The Morgan fingerprint density at radius 2 is 2.10 bits per heavy atom. The first-order chi connectivity index (χ1) is 13.7. The summed E-state index contributed by atoms with van der Waals surface area (Å²) in [6.07, 6.45) is 7.09. The number of allylic oxidation sites excluding steroid dienone is 1. The fraction of sp³-hybridized carbons (Fsp3) is 0.560. The Bertz CT molecular complexity index is 995. The van der Waals surface area contributed by atoms with Crippen LogP contribution in [0.1, 0.15) is 58.9 Å². The Labute approximate surface area is 172 Å². The molecule has 2 saturated heterocycles. The van der Waals surface area contributed by atoms with Gasteiger partial charge in [0.1, 0.15) is 17.9 Å². The van der Waals surface area contributed by atoms with E-state index in [1.54, 1.807) is 6.07 Å². The molecule has 0 N–H and O–H groups in total. The van der Waals surface area contributed by atoms with E-state index in [0.717, 1.165) is 23.8 Å². The molecule has 0 aliphatic carbocycles. The average Bonchev–Trinajstić information content (AvgIpc) is 3.12. The predicted octanol–water partition coefficient (Wildman–Crippen LogP) is 5.80. The lowest BCUT2D eigenvalue weighted by Crippen LogP contribution is -2.40. The summed E-state index contributed by atoms with van der Waals surface area (Å²) in [6.45, 7) is 11.6. The van der Waals surface area contributed by atoms with Gasteiger partial charge >= 0.3 is 5.63 Å². The number of fused-ring (bicyclic) bond motifs is 3. The molecule has 0 unspecified atom stereocenters. The molecule has 0 amide bonds. The van der Waals surface area contributed by atoms with Crippen molar-refractivity contribution in [3.8, 4) is 5.75 Å². The molecule has 156 valence electrons. The number of hydrogen-bond donors (Lipinski definition) is 0. The van der Waals surface area contributed by atoms with E-state index in [0.29, 0.717) is 30.0 Å². The van der Waals surface area contributed by atoms with Crippen molar-refractivity contribution in [2.45, 2.75) is 72.0 Å². The fourth-order valence-corrected chi connectivity index (χ4v) is 5.55. The average molecular weight is 397 g/mol. The van der Waals surface area contributed by atoms with Crippen molar-refractivity contribution >= 4 is 11.0 Å². The van der Waals surface area contributed by atoms with E-state index in [-0.39, 0.29) is 16.6 Å². The maximum atomic E-state index is 11.8. The maximum absolute atomic E-state index is 11.8. The van der Waals surface area contributed by atoms with Crippen LogP contribution in [-0.4, -0.2) is 18.3 Å². The van der Waals surface area contributed by atoms with Crippen molar-refractivity contribution in [2.75, 3.05) is 6.61 Å². The van der Waals surface area contributed by atoms with Crippen molar-refractivity contribution in [2.24, 2.45) is 11.3 Å². The van der Waals surface area contributed by atoms with Crippen LogP contribution in [-0.2, 0) is 4.74 Å². The van der Waals surface area contributed by atoms with Crippen LogP contribution in [0.25, 0.3) is 11.0 Å². The van der Waals surface area contributed by atoms with Gasteiger partial charge in [0.15, 0.2) is 0 Å². The van der Waals surface area contributed by atoms with Gasteiger partial charge in [-0.3, -0.25) is 0 Å². The molecule has 0 spiro atoms. The second kappa shape index (κ2) is 7.32. The highest BCUT2D eigenvalue weighted by Crippen LogP contribution is 2.59. The lowest BCUT2D eigenvalue weighted by molar-refractivity contribution is 0.00469. The van der Waals surface area contributed by atoms with Crippen LogP contribution < -0.4 is 10.4 Å². The third kappa shape index (κ3) is 3.63. The SMILES string of the molecule is C/C(=C/COc1cc(=O)oc2cccc(C)c12)CC[C@@H]1C(C)(C)[C@@H]2CC[C@@]1(C)O2. The molecule has 1 aromatic heterocycles. The topological polar surface area (TPSA) is 48.7 Å². The van der Waals surface area contributed by atoms with Crippen LogP contribution in [0.3, 0.4) is 0 Å². The summed E-state index contributed by atoms with van der Waals surface area (Å²) in [5.41, 5.74) is 2.83. The van der Waals surface area contributed by atoms with Crippen molar-refractivity contribution in [1.82, 2.24) is 0 Å². The number of aryl methyl sites for hydroxylation is 1. The minimum absolute atomic E-state index is 0.0411. The van der Waals surface area contributed by atoms with Crippen molar-refractivity contribution in [3.05, 3.63) is 51.9 Å². The third-order valence-corrected chi connectivity index (χ3v) is 7.22. The van der Waals surface area contributed by atoms with Crippen LogP contribution in [0.5, 0.6) is 5.75 Å². The summed E-state index contributed by atoms with van der Waals surface area (Å²) in [7, 11) is 0. The Morgan fingerprint density at radius 1 is 1.31 bits per heavy atom. The number of hydrogen-bond acceptors (Lipinski definition) is 4. The predicted molar refractivity (Wildman–Crippen MR) is 115 cm³/mol. The van der Waals surface area contributed by atoms with Gasteiger partial charge in [-0.15, -0.1) is 0 Å². The highest BCUT2D eigenvalue weighted by atomic mass is 16.5. The van der Waals surface area contributed by atoms with E-state index in [9.17, 15) is 4.79 Å². The molecule has 0 saturated carbocycles. The Morgan fingerprint density at radius 3 is 2.83 bits per heavy atom. The fourth-order valence-electron chi connectivity index (χ4n) is 5.55. The van der Waals surface area contributed by atoms with Crippen molar-refractivity contribution < 1.29 is 13.9 Å². The van der Waals surface area contributed by atoms with E-state index in [1.165, 1.54) is 24.5 Å². The molecule has 1 aromatic carbocycles. The molecule has 4 nitrogen and oxygen atoms in total. The summed E-state index contributed by atoms with van der Waals surface area (Å²) < 4.78 is 17.6. The Hall–Kier alpha value is -2.07. The van der Waals surface area contributed by atoms with Gasteiger partial charge in [-0.1, -0.05) is 31.6 Å². The number of benzene rings is 1. The summed E-state index contributed by atoms with van der Waals surface area (Å²) in [5.74, 6) is 1.18. The normalized spacial score (nSPS) is 28.2. The van der Waals surface area contributed by atoms with Crippen molar-refractivity contribution in [3.63, 3.8) is 0 Å². The van der Waals surface area contributed by atoms with E-state index >= 15 is 0 Å². The molecule has 0 radical (unpaired) electrons. The molecule has 2 fully saturated rings. The lowest BCUT2D eigenvalue weighted by atomic mass is 9.62. The molecule has 2 bridgehead atoms. The molecule has 2 aromatic rings. The first-order valence-corrected chi connectivity index (χ1v) is 10.7. The standard InChI is InChI=1S/C25H32O4/c1-16(9-10-20-24(3,4)21-11-13-25(20,5)29-21)12-14-27-19-15-22(26)28-18-8-6-7-17(2)23(18)19/h6-8,12,15,20-21H,9-11,13-14H2,1-5H3/b16-12-/t20-,21+,25-/m1/s1. The molecule has 3 heterocycles. The largest absolute Gasteiger partial charge is 0.488 e. The van der Waals surface area contributed by atoms with Crippen LogP contribution in [0.2, 0.25) is 0 Å².